The molecular formula is C18H17NO5. The number of ketones is 1. The molecule has 6 nitrogen and oxygen atoms in total. The van der Waals surface area contributed by atoms with Gasteiger partial charge in [-0.05, 0) is 42.5 Å². The molecule has 0 aliphatic rings. The Morgan fingerprint density at radius 3 is 2.54 bits per heavy atom. The molecule has 0 saturated carbocycles. The number of carbonyl (C=O) groups excluding carboxylic acids is 3. The van der Waals surface area contributed by atoms with Gasteiger partial charge in [-0.3, -0.25) is 9.59 Å². The number of hydrogen-bond donors (Lipinski definition) is 1. The topological polar surface area (TPSA) is 85.6 Å². The van der Waals surface area contributed by atoms with Crippen LogP contribution in [-0.4, -0.2) is 24.3 Å². The Kier molecular flexibility index (Phi) is 6.08. The summed E-state index contributed by atoms with van der Waals surface area (Å²) in [7, 11) is 0. The molecule has 0 saturated heterocycles. The van der Waals surface area contributed by atoms with Crippen LogP contribution in [0.3, 0.4) is 0 Å². The van der Waals surface area contributed by atoms with Gasteiger partial charge in [0.1, 0.15) is 5.76 Å². The largest absolute Gasteiger partial charge is 0.465 e. The lowest BCUT2D eigenvalue weighted by atomic mass is 10.1. The lowest BCUT2D eigenvalue weighted by Gasteiger charge is -2.05. The second-order valence-electron chi connectivity index (χ2n) is 4.86. The van der Waals surface area contributed by atoms with Gasteiger partial charge in [0.2, 0.25) is 5.91 Å². The molecule has 0 aliphatic carbocycles. The monoisotopic (exact) mass is 327 g/mol. The summed E-state index contributed by atoms with van der Waals surface area (Å²) < 4.78 is 9.92. The standard InChI is InChI=1S/C18H17NO5/c1-2-17(21)19-14-7-5-13(6-8-14)16(20)12-24-18(22)10-9-15-4-3-11-23-15/h3-11H,2,12H2,1H3,(H,19,21)/b10-9+. The summed E-state index contributed by atoms with van der Waals surface area (Å²) in [5, 5.41) is 2.68. The first-order valence-corrected chi connectivity index (χ1v) is 7.40. The van der Waals surface area contributed by atoms with Gasteiger partial charge in [0, 0.05) is 23.7 Å². The summed E-state index contributed by atoms with van der Waals surface area (Å²) in [6, 6.07) is 9.77. The maximum absolute atomic E-state index is 12.0. The molecule has 1 aromatic carbocycles. The molecular weight excluding hydrogens is 310 g/mol. The minimum atomic E-state index is -0.633. The Labute approximate surface area is 139 Å². The maximum Gasteiger partial charge on any atom is 0.331 e. The van der Waals surface area contributed by atoms with Crippen molar-refractivity contribution in [1.82, 2.24) is 0 Å². The number of esters is 1. The Morgan fingerprint density at radius 2 is 1.92 bits per heavy atom. The first kappa shape index (κ1) is 17.2. The van der Waals surface area contributed by atoms with Crippen molar-refractivity contribution in [2.24, 2.45) is 0 Å². The fraction of sp³-hybridized carbons (Fsp3) is 0.167. The third-order valence-electron chi connectivity index (χ3n) is 3.08. The Bertz CT molecular complexity index is 729. The van der Waals surface area contributed by atoms with Crippen molar-refractivity contribution >= 4 is 29.4 Å². The van der Waals surface area contributed by atoms with Crippen molar-refractivity contribution in [3.8, 4) is 0 Å². The number of hydrogen-bond acceptors (Lipinski definition) is 5. The minimum absolute atomic E-state index is 0.105. The third kappa shape index (κ3) is 5.24. The predicted molar refractivity (Wildman–Crippen MR) is 88.4 cm³/mol. The fourth-order valence-electron chi connectivity index (χ4n) is 1.79. The first-order chi connectivity index (χ1) is 11.6. The van der Waals surface area contributed by atoms with Gasteiger partial charge >= 0.3 is 5.97 Å². The lowest BCUT2D eigenvalue weighted by molar-refractivity contribution is -0.136. The van der Waals surface area contributed by atoms with E-state index in [1.165, 1.54) is 18.4 Å². The molecule has 0 atom stereocenters. The SMILES string of the molecule is CCC(=O)Nc1ccc(C(=O)COC(=O)/C=C/c2ccco2)cc1. The summed E-state index contributed by atoms with van der Waals surface area (Å²) in [5.74, 6) is -0.552. The highest BCUT2D eigenvalue weighted by Gasteiger charge is 2.09. The van der Waals surface area contributed by atoms with Crippen LogP contribution in [-0.2, 0) is 14.3 Å². The molecule has 0 aliphatic heterocycles. The van der Waals surface area contributed by atoms with Crippen LogP contribution in [0, 0.1) is 0 Å². The molecule has 0 radical (unpaired) electrons. The van der Waals surface area contributed by atoms with Gasteiger partial charge in [0.25, 0.3) is 0 Å². The summed E-state index contributed by atoms with van der Waals surface area (Å²) in [6.07, 6.45) is 4.51. The predicted octanol–water partition coefficient (Wildman–Crippen LogP) is 3.07. The quantitative estimate of drug-likeness (QED) is 0.480. The highest BCUT2D eigenvalue weighted by molar-refractivity contribution is 5.99. The fourth-order valence-corrected chi connectivity index (χ4v) is 1.79. The summed E-state index contributed by atoms with van der Waals surface area (Å²) >= 11 is 0. The molecule has 1 N–H and O–H groups in total. The molecule has 1 heterocycles. The van der Waals surface area contributed by atoms with Crippen LogP contribution >= 0.6 is 0 Å². The van der Waals surface area contributed by atoms with Crippen LogP contribution in [0.25, 0.3) is 6.08 Å². The van der Waals surface area contributed by atoms with E-state index in [0.717, 1.165) is 0 Å². The molecule has 2 rings (SSSR count). The Hall–Kier alpha value is -3.15. The summed E-state index contributed by atoms with van der Waals surface area (Å²) in [5.41, 5.74) is 1.00. The van der Waals surface area contributed by atoms with Crippen molar-refractivity contribution in [3.63, 3.8) is 0 Å². The number of furan rings is 1. The van der Waals surface area contributed by atoms with Crippen molar-refractivity contribution in [1.29, 1.82) is 0 Å². The van der Waals surface area contributed by atoms with Gasteiger partial charge < -0.3 is 14.5 Å². The van der Waals surface area contributed by atoms with Gasteiger partial charge in [-0.1, -0.05) is 6.92 Å². The molecule has 1 amide bonds. The van der Waals surface area contributed by atoms with Crippen LogP contribution in [0.2, 0.25) is 0 Å². The minimum Gasteiger partial charge on any atom is -0.465 e. The molecule has 24 heavy (non-hydrogen) atoms. The second kappa shape index (κ2) is 8.47. The molecule has 0 spiro atoms. The van der Waals surface area contributed by atoms with Gasteiger partial charge in [-0.15, -0.1) is 0 Å². The Morgan fingerprint density at radius 1 is 1.17 bits per heavy atom. The second-order valence-corrected chi connectivity index (χ2v) is 4.86. The van der Waals surface area contributed by atoms with Gasteiger partial charge in [0.05, 0.1) is 6.26 Å². The number of ether oxygens (including phenoxy) is 1. The zero-order chi connectivity index (χ0) is 17.4. The average molecular weight is 327 g/mol. The number of Topliss-reactive ketones (excluding diaryl/α,β-unsaturated/α-hetero) is 1. The van der Waals surface area contributed by atoms with Crippen LogP contribution < -0.4 is 5.32 Å². The highest BCUT2D eigenvalue weighted by Crippen LogP contribution is 2.11. The number of amides is 1. The molecule has 0 bridgehead atoms. The van der Waals surface area contributed by atoms with Crippen molar-refractivity contribution in [2.45, 2.75) is 13.3 Å². The van der Waals surface area contributed by atoms with E-state index in [9.17, 15) is 14.4 Å². The molecule has 2 aromatic rings. The van der Waals surface area contributed by atoms with Gasteiger partial charge in [0.15, 0.2) is 12.4 Å². The van der Waals surface area contributed by atoms with E-state index < -0.39 is 5.97 Å². The lowest BCUT2D eigenvalue weighted by Crippen LogP contribution is -2.13. The van der Waals surface area contributed by atoms with E-state index >= 15 is 0 Å². The first-order valence-electron chi connectivity index (χ1n) is 7.40. The van der Waals surface area contributed by atoms with Crippen LogP contribution in [0.15, 0.2) is 53.2 Å². The summed E-state index contributed by atoms with van der Waals surface area (Å²) in [4.78, 5) is 34.8. The molecule has 124 valence electrons. The van der Waals surface area contributed by atoms with Crippen molar-refractivity contribution in [3.05, 3.63) is 60.1 Å². The van der Waals surface area contributed by atoms with E-state index in [-0.39, 0.29) is 18.3 Å². The van der Waals surface area contributed by atoms with E-state index in [1.54, 1.807) is 43.3 Å². The van der Waals surface area contributed by atoms with E-state index in [4.69, 9.17) is 9.15 Å². The molecule has 0 fully saturated rings. The van der Waals surface area contributed by atoms with Crippen LogP contribution in [0.1, 0.15) is 29.5 Å². The molecule has 6 heteroatoms. The number of carbonyl (C=O) groups is 3. The van der Waals surface area contributed by atoms with Crippen molar-refractivity contribution < 1.29 is 23.5 Å². The Balaban J connectivity index is 1.83. The number of anilines is 1. The third-order valence-corrected chi connectivity index (χ3v) is 3.08. The van der Waals surface area contributed by atoms with Crippen LogP contribution in [0.4, 0.5) is 5.69 Å². The normalized spacial score (nSPS) is 10.5. The van der Waals surface area contributed by atoms with E-state index in [0.29, 0.717) is 23.4 Å². The van der Waals surface area contributed by atoms with E-state index in [1.807, 2.05) is 0 Å². The highest BCUT2D eigenvalue weighted by atomic mass is 16.5. The van der Waals surface area contributed by atoms with E-state index in [2.05, 4.69) is 5.32 Å². The average Bonchev–Trinajstić information content (AvgIpc) is 3.12. The van der Waals surface area contributed by atoms with Gasteiger partial charge in [-0.2, -0.15) is 0 Å². The number of benzene rings is 1. The van der Waals surface area contributed by atoms with Crippen molar-refractivity contribution in [2.75, 3.05) is 11.9 Å². The maximum atomic E-state index is 12.0. The zero-order valence-electron chi connectivity index (χ0n) is 13.2. The summed E-state index contributed by atoms with van der Waals surface area (Å²) in [6.45, 7) is 1.39. The zero-order valence-corrected chi connectivity index (χ0v) is 13.2. The number of nitrogens with one attached hydrogen (secondary N) is 1. The molecule has 0 unspecified atom stereocenters. The number of rotatable bonds is 7. The molecule has 1 aromatic heterocycles. The van der Waals surface area contributed by atoms with Gasteiger partial charge in [-0.25, -0.2) is 4.79 Å². The van der Waals surface area contributed by atoms with Crippen LogP contribution in [0.5, 0.6) is 0 Å². The smallest absolute Gasteiger partial charge is 0.331 e.